The Labute approximate surface area is 229 Å². The summed E-state index contributed by atoms with van der Waals surface area (Å²) in [7, 11) is 0. The van der Waals surface area contributed by atoms with Gasteiger partial charge in [0.2, 0.25) is 0 Å². The predicted octanol–water partition coefficient (Wildman–Crippen LogP) is 10.8. The second kappa shape index (κ2) is 8.99. The summed E-state index contributed by atoms with van der Waals surface area (Å²) in [6, 6.07) is 46.7. The van der Waals surface area contributed by atoms with Crippen molar-refractivity contribution in [1.29, 1.82) is 0 Å². The molecule has 0 spiro atoms. The number of fused-ring (bicyclic) bond motifs is 7. The minimum Gasteiger partial charge on any atom is -0.380 e. The van der Waals surface area contributed by atoms with Gasteiger partial charge >= 0.3 is 0 Å². The topological polar surface area (TPSA) is 12.0 Å². The predicted molar refractivity (Wildman–Crippen MR) is 171 cm³/mol. The lowest BCUT2D eigenvalue weighted by atomic mass is 9.87. The number of benzene rings is 7. The Hall–Kier alpha value is -4.62. The molecule has 0 aliphatic rings. The third-order valence-corrected chi connectivity index (χ3v) is 7.68. The first-order valence-corrected chi connectivity index (χ1v) is 13.7. The lowest BCUT2D eigenvalue weighted by Crippen LogP contribution is -2.25. The van der Waals surface area contributed by atoms with Crippen LogP contribution >= 0.6 is 0 Å². The van der Waals surface area contributed by atoms with E-state index in [0.717, 1.165) is 5.69 Å². The van der Waals surface area contributed by atoms with E-state index in [1.807, 2.05) is 0 Å². The molecule has 0 radical (unpaired) electrons. The zero-order valence-electron chi connectivity index (χ0n) is 22.6. The van der Waals surface area contributed by atoms with Crippen molar-refractivity contribution in [3.8, 4) is 22.3 Å². The molecule has 0 aliphatic carbocycles. The molecule has 0 saturated carbocycles. The van der Waals surface area contributed by atoms with Crippen molar-refractivity contribution in [3.63, 3.8) is 0 Å². The maximum Gasteiger partial charge on any atom is 0.0350 e. The lowest BCUT2D eigenvalue weighted by Gasteiger charge is -2.22. The fraction of sp³-hybridized carbons (Fsp3) is 0.105. The molecule has 1 heteroatoms. The SMILES string of the molecule is CC(C)(C)Nc1ccc2ccc3c(ccc4c5ccc(-c6ccccc6)c(-c6ccccc6)c5ccc43)c2c1. The molecule has 0 aromatic heterocycles. The molecular weight excluding hydrogens is 470 g/mol. The van der Waals surface area contributed by atoms with Crippen LogP contribution in [0.4, 0.5) is 5.69 Å². The summed E-state index contributed by atoms with van der Waals surface area (Å²) in [6.45, 7) is 6.60. The van der Waals surface area contributed by atoms with Crippen molar-refractivity contribution >= 4 is 48.8 Å². The summed E-state index contributed by atoms with van der Waals surface area (Å²) in [5.74, 6) is 0. The molecule has 0 aliphatic heterocycles. The summed E-state index contributed by atoms with van der Waals surface area (Å²) in [6.07, 6.45) is 0. The highest BCUT2D eigenvalue weighted by Gasteiger charge is 2.15. The van der Waals surface area contributed by atoms with Crippen molar-refractivity contribution in [2.24, 2.45) is 0 Å². The van der Waals surface area contributed by atoms with E-state index in [9.17, 15) is 0 Å². The third-order valence-electron chi connectivity index (χ3n) is 7.68. The van der Waals surface area contributed by atoms with Crippen molar-refractivity contribution in [2.45, 2.75) is 26.3 Å². The van der Waals surface area contributed by atoms with E-state index in [4.69, 9.17) is 0 Å². The van der Waals surface area contributed by atoms with Gasteiger partial charge in [-0.2, -0.15) is 0 Å². The van der Waals surface area contributed by atoms with E-state index in [-0.39, 0.29) is 5.54 Å². The minimum absolute atomic E-state index is 0.0128. The highest BCUT2D eigenvalue weighted by atomic mass is 14.9. The minimum atomic E-state index is 0.0128. The van der Waals surface area contributed by atoms with Gasteiger partial charge in [-0.25, -0.2) is 0 Å². The highest BCUT2D eigenvalue weighted by Crippen LogP contribution is 2.42. The maximum atomic E-state index is 3.64. The van der Waals surface area contributed by atoms with Crippen LogP contribution in [0.5, 0.6) is 0 Å². The van der Waals surface area contributed by atoms with Crippen LogP contribution in [0, 0.1) is 0 Å². The Kier molecular flexibility index (Phi) is 5.42. The molecule has 0 unspecified atom stereocenters. The first kappa shape index (κ1) is 23.5. The van der Waals surface area contributed by atoms with Crippen LogP contribution in [0.25, 0.3) is 65.3 Å². The van der Waals surface area contributed by atoms with Crippen molar-refractivity contribution in [2.75, 3.05) is 5.32 Å². The van der Waals surface area contributed by atoms with Crippen LogP contribution in [-0.4, -0.2) is 5.54 Å². The lowest BCUT2D eigenvalue weighted by molar-refractivity contribution is 0.634. The van der Waals surface area contributed by atoms with Crippen LogP contribution in [-0.2, 0) is 0 Å². The van der Waals surface area contributed by atoms with Gasteiger partial charge in [0.25, 0.3) is 0 Å². The average Bonchev–Trinajstić information content (AvgIpc) is 2.96. The van der Waals surface area contributed by atoms with Gasteiger partial charge in [0.1, 0.15) is 0 Å². The molecule has 0 bridgehead atoms. The molecule has 0 saturated heterocycles. The molecule has 0 amide bonds. The Morgan fingerprint density at radius 3 is 1.56 bits per heavy atom. The summed E-state index contributed by atoms with van der Waals surface area (Å²) >= 11 is 0. The first-order chi connectivity index (χ1) is 19.0. The maximum absolute atomic E-state index is 3.64. The van der Waals surface area contributed by atoms with Crippen LogP contribution < -0.4 is 5.32 Å². The standard InChI is InChI=1S/C38H31N/c1-38(2,3)39-28-16-14-26-15-17-30-31-22-23-35-33(32(31)20-21-34(30)36(26)24-28)19-18-29(25-10-6-4-7-11-25)37(35)27-12-8-5-9-13-27/h4-24,39H,1-3H3. The number of hydrogen-bond donors (Lipinski definition) is 1. The number of hydrogen-bond acceptors (Lipinski definition) is 1. The van der Waals surface area contributed by atoms with Gasteiger partial charge < -0.3 is 5.32 Å². The van der Waals surface area contributed by atoms with Gasteiger partial charge in [-0.1, -0.05) is 115 Å². The fourth-order valence-corrected chi connectivity index (χ4v) is 6.05. The molecule has 188 valence electrons. The summed E-state index contributed by atoms with van der Waals surface area (Å²) in [4.78, 5) is 0. The Morgan fingerprint density at radius 1 is 0.436 bits per heavy atom. The molecule has 39 heavy (non-hydrogen) atoms. The van der Waals surface area contributed by atoms with Crippen molar-refractivity contribution in [1.82, 2.24) is 0 Å². The van der Waals surface area contributed by atoms with Crippen LogP contribution in [0.1, 0.15) is 20.8 Å². The van der Waals surface area contributed by atoms with E-state index in [0.29, 0.717) is 0 Å². The number of rotatable bonds is 3. The number of nitrogens with one attached hydrogen (secondary N) is 1. The summed E-state index contributed by atoms with van der Waals surface area (Å²) < 4.78 is 0. The molecule has 1 N–H and O–H groups in total. The smallest absolute Gasteiger partial charge is 0.0350 e. The monoisotopic (exact) mass is 501 g/mol. The van der Waals surface area contributed by atoms with Crippen LogP contribution in [0.3, 0.4) is 0 Å². The zero-order chi connectivity index (χ0) is 26.6. The van der Waals surface area contributed by atoms with Gasteiger partial charge in [0.05, 0.1) is 0 Å². The molecule has 7 aromatic carbocycles. The largest absolute Gasteiger partial charge is 0.380 e. The second-order valence-electron chi connectivity index (χ2n) is 11.5. The highest BCUT2D eigenvalue weighted by molar-refractivity contribution is 6.24. The van der Waals surface area contributed by atoms with Crippen LogP contribution in [0.2, 0.25) is 0 Å². The van der Waals surface area contributed by atoms with Gasteiger partial charge in [0.15, 0.2) is 0 Å². The average molecular weight is 502 g/mol. The molecule has 0 fully saturated rings. The van der Waals surface area contributed by atoms with Crippen LogP contribution in [0.15, 0.2) is 127 Å². The normalized spacial score (nSPS) is 12.0. The molecular formula is C38H31N. The molecule has 7 aromatic rings. The first-order valence-electron chi connectivity index (χ1n) is 13.7. The van der Waals surface area contributed by atoms with Gasteiger partial charge in [-0.3, -0.25) is 0 Å². The molecule has 0 atom stereocenters. The van der Waals surface area contributed by atoms with E-state index in [1.165, 1.54) is 65.3 Å². The quantitative estimate of drug-likeness (QED) is 0.237. The number of anilines is 1. The molecule has 7 rings (SSSR count). The molecule has 0 heterocycles. The van der Waals surface area contributed by atoms with E-state index < -0.39 is 0 Å². The fourth-order valence-electron chi connectivity index (χ4n) is 6.05. The Balaban J connectivity index is 1.50. The van der Waals surface area contributed by atoms with Gasteiger partial charge in [-0.15, -0.1) is 0 Å². The molecule has 1 nitrogen and oxygen atoms in total. The Morgan fingerprint density at radius 2 is 0.923 bits per heavy atom. The van der Waals surface area contributed by atoms with E-state index in [2.05, 4.69) is 153 Å². The third kappa shape index (κ3) is 4.11. The second-order valence-corrected chi connectivity index (χ2v) is 11.5. The van der Waals surface area contributed by atoms with Gasteiger partial charge in [0, 0.05) is 11.2 Å². The van der Waals surface area contributed by atoms with Crippen molar-refractivity contribution < 1.29 is 0 Å². The summed E-state index contributed by atoms with van der Waals surface area (Å²) in [5, 5.41) is 13.9. The van der Waals surface area contributed by atoms with E-state index in [1.54, 1.807) is 0 Å². The van der Waals surface area contributed by atoms with Gasteiger partial charge in [-0.05, 0) is 98.2 Å². The summed E-state index contributed by atoms with van der Waals surface area (Å²) in [5.41, 5.74) is 6.20. The van der Waals surface area contributed by atoms with Crippen molar-refractivity contribution in [3.05, 3.63) is 127 Å². The Bertz CT molecular complexity index is 2000. The van der Waals surface area contributed by atoms with E-state index >= 15 is 0 Å². The zero-order valence-corrected chi connectivity index (χ0v) is 22.6.